The van der Waals surface area contributed by atoms with Gasteiger partial charge in [0.25, 0.3) is 5.91 Å². The number of fused-ring (bicyclic) bond motifs is 1. The van der Waals surface area contributed by atoms with Gasteiger partial charge in [-0.2, -0.15) is 4.31 Å². The van der Waals surface area contributed by atoms with Crippen molar-refractivity contribution in [1.29, 1.82) is 0 Å². The maximum absolute atomic E-state index is 12.9. The van der Waals surface area contributed by atoms with Crippen LogP contribution in [0, 0.1) is 0 Å². The number of oxazole rings is 1. The van der Waals surface area contributed by atoms with Crippen LogP contribution in [-0.4, -0.2) is 54.7 Å². The van der Waals surface area contributed by atoms with Crippen molar-refractivity contribution in [2.45, 2.75) is 4.90 Å². The molecule has 0 saturated carbocycles. The van der Waals surface area contributed by atoms with E-state index in [-0.39, 0.29) is 29.5 Å². The summed E-state index contributed by atoms with van der Waals surface area (Å²) in [5, 5.41) is 0. The first-order valence-corrected chi connectivity index (χ1v) is 10.8. The van der Waals surface area contributed by atoms with Crippen molar-refractivity contribution < 1.29 is 17.6 Å². The molecule has 0 aliphatic carbocycles. The van der Waals surface area contributed by atoms with Crippen molar-refractivity contribution in [3.8, 4) is 0 Å². The van der Waals surface area contributed by atoms with E-state index in [0.29, 0.717) is 24.2 Å². The zero-order chi connectivity index (χ0) is 19.9. The van der Waals surface area contributed by atoms with E-state index in [1.54, 1.807) is 23.1 Å². The molecule has 3 aromatic rings. The Morgan fingerprint density at radius 1 is 1.07 bits per heavy atom. The highest BCUT2D eigenvalue weighted by atomic mass is 79.9. The van der Waals surface area contributed by atoms with Crippen LogP contribution in [0.25, 0.3) is 11.1 Å². The second-order valence-corrected chi connectivity index (χ2v) is 9.23. The average Bonchev–Trinajstić information content (AvgIpc) is 3.06. The van der Waals surface area contributed by atoms with Crippen LogP contribution >= 0.6 is 15.9 Å². The molecule has 28 heavy (non-hydrogen) atoms. The largest absolute Gasteiger partial charge is 0.417 e. The fourth-order valence-corrected chi connectivity index (χ4v) is 5.01. The quantitative estimate of drug-likeness (QED) is 0.637. The third kappa shape index (κ3) is 3.50. The van der Waals surface area contributed by atoms with Gasteiger partial charge >= 0.3 is 5.76 Å². The molecule has 146 valence electrons. The Balaban J connectivity index is 1.50. The number of carbonyl (C=O) groups excluding carboxylic acids is 1. The van der Waals surface area contributed by atoms with Crippen molar-refractivity contribution in [3.05, 3.63) is 63.1 Å². The summed E-state index contributed by atoms with van der Waals surface area (Å²) in [5.74, 6) is -0.766. The Labute approximate surface area is 168 Å². The standard InChI is InChI=1S/C18H16BrN3O5S/c19-13-3-1-2-12(10-13)17(23)21-6-8-22(9-7-21)28(25,26)14-4-5-15-16(11-14)27-18(24)20-15/h1-5,10-11H,6-9H2,(H,20,24). The lowest BCUT2D eigenvalue weighted by molar-refractivity contribution is 0.0698. The number of H-pyrrole nitrogens is 1. The lowest BCUT2D eigenvalue weighted by Gasteiger charge is -2.34. The Bertz CT molecular complexity index is 1210. The summed E-state index contributed by atoms with van der Waals surface area (Å²) in [6.45, 7) is 0.979. The van der Waals surface area contributed by atoms with Crippen LogP contribution in [0.3, 0.4) is 0 Å². The Morgan fingerprint density at radius 3 is 2.54 bits per heavy atom. The molecule has 1 aromatic heterocycles. The van der Waals surface area contributed by atoms with Gasteiger partial charge in [0.2, 0.25) is 10.0 Å². The normalized spacial score (nSPS) is 15.8. The van der Waals surface area contributed by atoms with Crippen molar-refractivity contribution in [2.75, 3.05) is 26.2 Å². The zero-order valence-electron chi connectivity index (χ0n) is 14.6. The first-order valence-electron chi connectivity index (χ1n) is 8.52. The predicted octanol–water partition coefficient (Wildman–Crippen LogP) is 2.03. The summed E-state index contributed by atoms with van der Waals surface area (Å²) in [4.78, 5) is 28.1. The van der Waals surface area contributed by atoms with E-state index in [1.165, 1.54) is 22.5 Å². The number of piperazine rings is 1. The molecule has 1 aliphatic heterocycles. The minimum Gasteiger partial charge on any atom is -0.408 e. The molecule has 10 heteroatoms. The molecule has 1 saturated heterocycles. The highest BCUT2D eigenvalue weighted by Crippen LogP contribution is 2.22. The van der Waals surface area contributed by atoms with E-state index in [1.807, 2.05) is 6.07 Å². The van der Waals surface area contributed by atoms with E-state index < -0.39 is 15.8 Å². The SMILES string of the molecule is O=C(c1cccc(Br)c1)N1CCN(S(=O)(=O)c2ccc3[nH]c(=O)oc3c2)CC1. The number of aromatic amines is 1. The van der Waals surface area contributed by atoms with Gasteiger partial charge in [0.15, 0.2) is 5.58 Å². The highest BCUT2D eigenvalue weighted by molar-refractivity contribution is 9.10. The van der Waals surface area contributed by atoms with E-state index in [4.69, 9.17) is 4.42 Å². The van der Waals surface area contributed by atoms with Crippen molar-refractivity contribution in [1.82, 2.24) is 14.2 Å². The Morgan fingerprint density at radius 2 is 1.82 bits per heavy atom. The number of sulfonamides is 1. The van der Waals surface area contributed by atoms with Crippen LogP contribution in [0.15, 0.2) is 61.0 Å². The molecule has 2 aromatic carbocycles. The van der Waals surface area contributed by atoms with Crippen molar-refractivity contribution in [2.24, 2.45) is 0 Å². The van der Waals surface area contributed by atoms with Crippen LogP contribution in [-0.2, 0) is 10.0 Å². The molecule has 0 unspecified atom stereocenters. The number of nitrogens with zero attached hydrogens (tertiary/aromatic N) is 2. The second-order valence-electron chi connectivity index (χ2n) is 6.38. The number of aromatic nitrogens is 1. The molecule has 8 nitrogen and oxygen atoms in total. The first-order chi connectivity index (χ1) is 13.3. The van der Waals surface area contributed by atoms with Crippen LogP contribution in [0.5, 0.6) is 0 Å². The maximum atomic E-state index is 12.9. The number of hydrogen-bond donors (Lipinski definition) is 1. The third-order valence-electron chi connectivity index (χ3n) is 4.63. The summed E-state index contributed by atoms with van der Waals surface area (Å²) in [7, 11) is -3.75. The Hall–Kier alpha value is -2.43. The topological polar surface area (TPSA) is 104 Å². The summed E-state index contributed by atoms with van der Waals surface area (Å²) in [6.07, 6.45) is 0. The molecule has 4 rings (SSSR count). The maximum Gasteiger partial charge on any atom is 0.417 e. The van der Waals surface area contributed by atoms with Crippen LogP contribution in [0.2, 0.25) is 0 Å². The lowest BCUT2D eigenvalue weighted by atomic mass is 10.2. The third-order valence-corrected chi connectivity index (χ3v) is 7.02. The lowest BCUT2D eigenvalue weighted by Crippen LogP contribution is -2.50. The molecular weight excluding hydrogens is 450 g/mol. The van der Waals surface area contributed by atoms with Crippen LogP contribution in [0.1, 0.15) is 10.4 Å². The molecule has 1 fully saturated rings. The second kappa shape index (κ2) is 7.19. The summed E-state index contributed by atoms with van der Waals surface area (Å²) >= 11 is 3.35. The fraction of sp³-hybridized carbons (Fsp3) is 0.222. The number of rotatable bonds is 3. The highest BCUT2D eigenvalue weighted by Gasteiger charge is 2.30. The number of halogens is 1. The molecule has 1 amide bonds. The van der Waals surface area contributed by atoms with Gasteiger partial charge in [0, 0.05) is 42.3 Å². The van der Waals surface area contributed by atoms with Crippen LogP contribution < -0.4 is 5.76 Å². The first kappa shape index (κ1) is 18.9. The summed E-state index contributed by atoms with van der Waals surface area (Å²) < 4.78 is 32.9. The number of hydrogen-bond acceptors (Lipinski definition) is 5. The van der Waals surface area contributed by atoms with Gasteiger partial charge in [-0.25, -0.2) is 13.2 Å². The van der Waals surface area contributed by atoms with Gasteiger partial charge in [-0.15, -0.1) is 0 Å². The van der Waals surface area contributed by atoms with Gasteiger partial charge in [-0.05, 0) is 30.3 Å². The fourth-order valence-electron chi connectivity index (χ4n) is 3.17. The Kier molecular flexibility index (Phi) is 4.86. The van der Waals surface area contributed by atoms with Gasteiger partial charge in [-0.3, -0.25) is 9.78 Å². The van der Waals surface area contributed by atoms with Gasteiger partial charge < -0.3 is 9.32 Å². The predicted molar refractivity (Wildman–Crippen MR) is 106 cm³/mol. The molecule has 2 heterocycles. The van der Waals surface area contributed by atoms with E-state index in [0.717, 1.165) is 4.47 Å². The van der Waals surface area contributed by atoms with Gasteiger partial charge in [0.05, 0.1) is 10.4 Å². The molecule has 0 bridgehead atoms. The van der Waals surface area contributed by atoms with E-state index >= 15 is 0 Å². The number of benzene rings is 2. The van der Waals surface area contributed by atoms with Crippen molar-refractivity contribution >= 4 is 43.0 Å². The van der Waals surface area contributed by atoms with Crippen LogP contribution in [0.4, 0.5) is 0 Å². The van der Waals surface area contributed by atoms with Gasteiger partial charge in [0.1, 0.15) is 0 Å². The minimum absolute atomic E-state index is 0.0505. The summed E-state index contributed by atoms with van der Waals surface area (Å²) in [6, 6.07) is 11.4. The molecular formula is C18H16BrN3O5S. The minimum atomic E-state index is -3.75. The zero-order valence-corrected chi connectivity index (χ0v) is 17.0. The molecule has 0 radical (unpaired) electrons. The number of amides is 1. The van der Waals surface area contributed by atoms with E-state index in [9.17, 15) is 18.0 Å². The smallest absolute Gasteiger partial charge is 0.408 e. The van der Waals surface area contributed by atoms with E-state index in [2.05, 4.69) is 20.9 Å². The molecule has 1 N–H and O–H groups in total. The molecule has 0 atom stereocenters. The molecule has 1 aliphatic rings. The van der Waals surface area contributed by atoms with Crippen molar-refractivity contribution in [3.63, 3.8) is 0 Å². The number of nitrogens with one attached hydrogen (secondary N) is 1. The average molecular weight is 466 g/mol. The summed E-state index contributed by atoms with van der Waals surface area (Å²) in [5.41, 5.74) is 1.18. The number of carbonyl (C=O) groups is 1. The molecule has 0 spiro atoms. The monoisotopic (exact) mass is 465 g/mol. The van der Waals surface area contributed by atoms with Gasteiger partial charge in [-0.1, -0.05) is 22.0 Å².